The lowest BCUT2D eigenvalue weighted by atomic mass is 10.2. The Morgan fingerprint density at radius 1 is 1.35 bits per heavy atom. The number of halogens is 2. The minimum atomic E-state index is -0.233. The van der Waals surface area contributed by atoms with E-state index < -0.39 is 0 Å². The fourth-order valence-electron chi connectivity index (χ4n) is 1.60. The Labute approximate surface area is 136 Å². The van der Waals surface area contributed by atoms with Crippen LogP contribution in [0.15, 0.2) is 36.5 Å². The largest absolute Gasteiger partial charge is 0.370 e. The number of pyridine rings is 1. The summed E-state index contributed by atoms with van der Waals surface area (Å²) < 4.78 is 1.02. The predicted octanol–water partition coefficient (Wildman–Crippen LogP) is 4.02. The summed E-state index contributed by atoms with van der Waals surface area (Å²) in [7, 11) is 0. The van der Waals surface area contributed by atoms with E-state index in [0.29, 0.717) is 16.3 Å². The Morgan fingerprint density at radius 3 is 2.75 bits per heavy atom. The van der Waals surface area contributed by atoms with Gasteiger partial charge in [0.1, 0.15) is 5.82 Å². The summed E-state index contributed by atoms with van der Waals surface area (Å²) >= 11 is 8.25. The number of hydrogen-bond acceptors (Lipinski definition) is 3. The van der Waals surface area contributed by atoms with E-state index in [4.69, 9.17) is 11.6 Å². The van der Waals surface area contributed by atoms with Gasteiger partial charge < -0.3 is 10.6 Å². The molecule has 0 aliphatic carbocycles. The average molecular weight is 402 g/mol. The maximum Gasteiger partial charge on any atom is 0.257 e. The van der Waals surface area contributed by atoms with E-state index in [0.717, 1.165) is 15.9 Å². The first kappa shape index (κ1) is 15.1. The smallest absolute Gasteiger partial charge is 0.257 e. The van der Waals surface area contributed by atoms with E-state index in [-0.39, 0.29) is 5.91 Å². The van der Waals surface area contributed by atoms with Crippen LogP contribution in [0.2, 0.25) is 5.02 Å². The molecule has 0 atom stereocenters. The van der Waals surface area contributed by atoms with Crippen LogP contribution in [0.1, 0.15) is 17.3 Å². The van der Waals surface area contributed by atoms with Crippen molar-refractivity contribution in [1.29, 1.82) is 0 Å². The summed E-state index contributed by atoms with van der Waals surface area (Å²) in [6.07, 6.45) is 1.54. The number of rotatable bonds is 4. The Kier molecular flexibility index (Phi) is 5.19. The van der Waals surface area contributed by atoms with Gasteiger partial charge in [-0.3, -0.25) is 4.79 Å². The molecule has 0 fully saturated rings. The minimum Gasteiger partial charge on any atom is -0.370 e. The number of aromatic nitrogens is 1. The van der Waals surface area contributed by atoms with Crippen LogP contribution in [-0.4, -0.2) is 17.4 Å². The highest BCUT2D eigenvalue weighted by atomic mass is 127. The predicted molar refractivity (Wildman–Crippen MR) is 90.5 cm³/mol. The van der Waals surface area contributed by atoms with E-state index in [9.17, 15) is 4.79 Å². The number of hydrogen-bond donors (Lipinski definition) is 2. The Hall–Kier alpha value is -1.34. The Morgan fingerprint density at radius 2 is 2.15 bits per heavy atom. The van der Waals surface area contributed by atoms with E-state index in [1.807, 2.05) is 13.0 Å². The third kappa shape index (κ3) is 3.83. The van der Waals surface area contributed by atoms with Crippen LogP contribution in [0, 0.1) is 3.57 Å². The van der Waals surface area contributed by atoms with Crippen molar-refractivity contribution in [1.82, 2.24) is 4.98 Å². The Bertz CT molecular complexity index is 616. The third-order valence-electron chi connectivity index (χ3n) is 2.56. The molecule has 20 heavy (non-hydrogen) atoms. The van der Waals surface area contributed by atoms with Crippen molar-refractivity contribution in [3.8, 4) is 0 Å². The fourth-order valence-corrected chi connectivity index (χ4v) is 2.50. The molecule has 0 bridgehead atoms. The lowest BCUT2D eigenvalue weighted by molar-refractivity contribution is 0.102. The van der Waals surface area contributed by atoms with Crippen LogP contribution in [-0.2, 0) is 0 Å². The van der Waals surface area contributed by atoms with E-state index in [1.54, 1.807) is 24.3 Å². The summed E-state index contributed by atoms with van der Waals surface area (Å²) in [5.74, 6) is 0.514. The van der Waals surface area contributed by atoms with Gasteiger partial charge in [-0.2, -0.15) is 0 Å². The van der Waals surface area contributed by atoms with Crippen molar-refractivity contribution in [3.63, 3.8) is 0 Å². The second-order valence-electron chi connectivity index (χ2n) is 4.04. The summed E-state index contributed by atoms with van der Waals surface area (Å²) in [6, 6.07) is 8.95. The topological polar surface area (TPSA) is 54.0 Å². The highest BCUT2D eigenvalue weighted by Gasteiger charge is 2.09. The molecule has 104 valence electrons. The van der Waals surface area contributed by atoms with Crippen LogP contribution in [0.3, 0.4) is 0 Å². The van der Waals surface area contributed by atoms with Crippen LogP contribution in [0.25, 0.3) is 0 Å². The number of carbonyl (C=O) groups is 1. The summed E-state index contributed by atoms with van der Waals surface area (Å²) in [5, 5.41) is 6.36. The highest BCUT2D eigenvalue weighted by molar-refractivity contribution is 14.1. The first-order valence-electron chi connectivity index (χ1n) is 6.06. The first-order chi connectivity index (χ1) is 9.60. The second-order valence-corrected chi connectivity index (χ2v) is 5.69. The molecule has 2 rings (SSSR count). The molecule has 4 nitrogen and oxygen atoms in total. The number of nitrogens with one attached hydrogen (secondary N) is 2. The van der Waals surface area contributed by atoms with Gasteiger partial charge in [0.15, 0.2) is 0 Å². The van der Waals surface area contributed by atoms with Crippen molar-refractivity contribution in [2.24, 2.45) is 0 Å². The summed E-state index contributed by atoms with van der Waals surface area (Å²) in [6.45, 7) is 2.78. The zero-order valence-electron chi connectivity index (χ0n) is 10.8. The highest BCUT2D eigenvalue weighted by Crippen LogP contribution is 2.24. The molecule has 0 aliphatic heterocycles. The molecule has 1 aromatic carbocycles. The molecule has 2 N–H and O–H groups in total. The number of anilines is 2. The maximum absolute atomic E-state index is 12.1. The van der Waals surface area contributed by atoms with Gasteiger partial charge in [0.25, 0.3) is 5.91 Å². The van der Waals surface area contributed by atoms with Crippen molar-refractivity contribution in [2.45, 2.75) is 6.92 Å². The number of amides is 1. The molecule has 1 amide bonds. The van der Waals surface area contributed by atoms with Crippen LogP contribution in [0.4, 0.5) is 11.5 Å². The molecule has 0 spiro atoms. The number of benzene rings is 1. The van der Waals surface area contributed by atoms with Gasteiger partial charge in [-0.25, -0.2) is 4.98 Å². The van der Waals surface area contributed by atoms with Crippen molar-refractivity contribution in [3.05, 3.63) is 50.7 Å². The van der Waals surface area contributed by atoms with E-state index in [2.05, 4.69) is 38.2 Å². The lowest BCUT2D eigenvalue weighted by Gasteiger charge is -2.08. The lowest BCUT2D eigenvalue weighted by Crippen LogP contribution is -2.13. The normalized spacial score (nSPS) is 10.2. The molecule has 1 heterocycles. The van der Waals surface area contributed by atoms with Crippen LogP contribution >= 0.6 is 34.2 Å². The van der Waals surface area contributed by atoms with Crippen molar-refractivity contribution in [2.75, 3.05) is 17.2 Å². The molecule has 1 aromatic heterocycles. The third-order valence-corrected chi connectivity index (χ3v) is 3.55. The van der Waals surface area contributed by atoms with Gasteiger partial charge in [0.05, 0.1) is 16.3 Å². The number of nitrogens with zero attached hydrogens (tertiary/aromatic N) is 1. The van der Waals surface area contributed by atoms with Crippen LogP contribution in [0.5, 0.6) is 0 Å². The van der Waals surface area contributed by atoms with Crippen LogP contribution < -0.4 is 10.6 Å². The van der Waals surface area contributed by atoms with Crippen molar-refractivity contribution < 1.29 is 4.79 Å². The maximum atomic E-state index is 12.1. The standard InChI is InChI=1S/C14H13ClIN3O/c1-2-17-13-6-3-9(8-18-13)14(20)19-12-5-4-10(16)7-11(12)15/h3-8H,2H2,1H3,(H,17,18)(H,19,20). The fraction of sp³-hybridized carbons (Fsp3) is 0.143. The average Bonchev–Trinajstić information content (AvgIpc) is 2.43. The molecule has 0 unspecified atom stereocenters. The summed E-state index contributed by atoms with van der Waals surface area (Å²) in [5.41, 5.74) is 1.08. The molecular weight excluding hydrogens is 389 g/mol. The molecule has 0 saturated carbocycles. The first-order valence-corrected chi connectivity index (χ1v) is 7.52. The van der Waals surface area contributed by atoms with Gasteiger partial charge >= 0.3 is 0 Å². The molecule has 0 saturated heterocycles. The zero-order chi connectivity index (χ0) is 14.5. The summed E-state index contributed by atoms with van der Waals surface area (Å²) in [4.78, 5) is 16.2. The van der Waals surface area contributed by atoms with Gasteiger partial charge in [-0.15, -0.1) is 0 Å². The molecule has 2 aromatic rings. The zero-order valence-corrected chi connectivity index (χ0v) is 13.7. The molecular formula is C14H13ClIN3O. The SMILES string of the molecule is CCNc1ccc(C(=O)Nc2ccc(I)cc2Cl)cn1. The molecule has 0 aliphatic rings. The molecule has 6 heteroatoms. The van der Waals surface area contributed by atoms with Gasteiger partial charge in [0, 0.05) is 16.3 Å². The van der Waals surface area contributed by atoms with E-state index >= 15 is 0 Å². The van der Waals surface area contributed by atoms with Gasteiger partial charge in [0.2, 0.25) is 0 Å². The Balaban J connectivity index is 2.11. The van der Waals surface area contributed by atoms with Gasteiger partial charge in [-0.05, 0) is 59.8 Å². The van der Waals surface area contributed by atoms with E-state index in [1.165, 1.54) is 6.20 Å². The molecule has 0 radical (unpaired) electrons. The van der Waals surface area contributed by atoms with Crippen molar-refractivity contribution >= 4 is 51.6 Å². The quantitative estimate of drug-likeness (QED) is 0.761. The number of carbonyl (C=O) groups excluding carboxylic acids is 1. The van der Waals surface area contributed by atoms with Gasteiger partial charge in [-0.1, -0.05) is 11.6 Å². The second kappa shape index (κ2) is 6.90. The minimum absolute atomic E-state index is 0.233. The monoisotopic (exact) mass is 401 g/mol.